The van der Waals surface area contributed by atoms with Gasteiger partial charge in [0.1, 0.15) is 0 Å². The summed E-state index contributed by atoms with van der Waals surface area (Å²) in [5.41, 5.74) is 2.99. The number of hydrogen-bond donors (Lipinski definition) is 1. The first-order chi connectivity index (χ1) is 6.83. The number of aromatic amines is 1. The van der Waals surface area contributed by atoms with E-state index in [1.165, 1.54) is 11.4 Å². The number of hydrogen-bond acceptors (Lipinski definition) is 0. The Bertz CT molecular complexity index is 293. The fourth-order valence-corrected chi connectivity index (χ4v) is 1.45. The maximum Gasteiger partial charge on any atom is 1.00 e. The van der Waals surface area contributed by atoms with Crippen LogP contribution in [0.1, 0.15) is 65.8 Å². The zero-order chi connectivity index (χ0) is 11.7. The van der Waals surface area contributed by atoms with Gasteiger partial charge in [-0.25, -0.2) is 12.1 Å². The third-order valence-electron chi connectivity index (χ3n) is 3.79. The van der Waals surface area contributed by atoms with Gasteiger partial charge in [0.25, 0.3) is 0 Å². The zero-order valence-electron chi connectivity index (χ0n) is 12.0. The minimum absolute atomic E-state index is 0. The second-order valence-electron chi connectivity index (χ2n) is 5.68. The van der Waals surface area contributed by atoms with Gasteiger partial charge in [0.15, 0.2) is 0 Å². The molecule has 0 saturated carbocycles. The first kappa shape index (κ1) is 15.9. The van der Waals surface area contributed by atoms with Crippen LogP contribution in [0.15, 0.2) is 6.07 Å². The average Bonchev–Trinajstić information content (AvgIpc) is 2.67. The quantitative estimate of drug-likeness (QED) is 0.571. The molecule has 0 fully saturated rings. The Morgan fingerprint density at radius 1 is 1.06 bits per heavy atom. The minimum atomic E-state index is 0. The molecule has 1 rings (SSSR count). The SMILES string of the molecule is CCC(C)(C)c1[c-]cc(C(C)(C)CC)[nH]1.[Li+]. The molecule has 1 aromatic rings. The van der Waals surface area contributed by atoms with E-state index in [1.54, 1.807) is 0 Å². The predicted molar refractivity (Wildman–Crippen MR) is 66.3 cm³/mol. The molecule has 1 aromatic heterocycles. The molecule has 0 spiro atoms. The Labute approximate surface area is 113 Å². The summed E-state index contributed by atoms with van der Waals surface area (Å²) in [4.78, 5) is 3.54. The zero-order valence-corrected chi connectivity index (χ0v) is 12.0. The van der Waals surface area contributed by atoms with E-state index in [0.717, 1.165) is 12.8 Å². The standard InChI is InChI=1S/C14H24N.Li/c1-7-13(3,4)11-9-10-12(15-11)14(5,6)8-2;/h9,15H,7-8H2,1-6H3;/q-1;+1. The summed E-state index contributed by atoms with van der Waals surface area (Å²) in [6, 6.07) is 5.50. The van der Waals surface area contributed by atoms with Crippen LogP contribution < -0.4 is 18.9 Å². The molecule has 0 aliphatic rings. The average molecular weight is 213 g/mol. The van der Waals surface area contributed by atoms with Crippen molar-refractivity contribution < 1.29 is 18.9 Å². The summed E-state index contributed by atoms with van der Waals surface area (Å²) >= 11 is 0. The Hall–Kier alpha value is -0.123. The largest absolute Gasteiger partial charge is 1.00 e. The van der Waals surface area contributed by atoms with Gasteiger partial charge in [-0.15, -0.1) is 5.69 Å². The van der Waals surface area contributed by atoms with Crippen LogP contribution in [0.25, 0.3) is 0 Å². The third-order valence-corrected chi connectivity index (χ3v) is 3.79. The first-order valence-electron chi connectivity index (χ1n) is 5.95. The molecule has 1 nitrogen and oxygen atoms in total. The van der Waals surface area contributed by atoms with Crippen molar-refractivity contribution in [2.75, 3.05) is 0 Å². The third kappa shape index (κ3) is 3.19. The first-order valence-corrected chi connectivity index (χ1v) is 5.95. The molecule has 0 aliphatic heterocycles. The fraction of sp³-hybridized carbons (Fsp3) is 0.714. The van der Waals surface area contributed by atoms with Crippen molar-refractivity contribution in [1.82, 2.24) is 4.98 Å². The molecule has 2 heteroatoms. The van der Waals surface area contributed by atoms with Gasteiger partial charge in [0.2, 0.25) is 0 Å². The van der Waals surface area contributed by atoms with Gasteiger partial charge >= 0.3 is 18.9 Å². The van der Waals surface area contributed by atoms with E-state index in [0.29, 0.717) is 0 Å². The van der Waals surface area contributed by atoms with E-state index in [9.17, 15) is 0 Å². The summed E-state index contributed by atoms with van der Waals surface area (Å²) in [5, 5.41) is 0. The Kier molecular flexibility index (Phi) is 5.43. The van der Waals surface area contributed by atoms with Crippen LogP contribution in [0, 0.1) is 6.07 Å². The van der Waals surface area contributed by atoms with Crippen LogP contribution in [-0.4, -0.2) is 4.98 Å². The topological polar surface area (TPSA) is 15.8 Å². The van der Waals surface area contributed by atoms with E-state index < -0.39 is 0 Å². The van der Waals surface area contributed by atoms with Gasteiger partial charge in [-0.2, -0.15) is 0 Å². The number of H-pyrrole nitrogens is 1. The summed E-state index contributed by atoms with van der Waals surface area (Å²) in [6.45, 7) is 13.5. The van der Waals surface area contributed by atoms with Gasteiger partial charge < -0.3 is 4.98 Å². The maximum atomic E-state index is 3.54. The van der Waals surface area contributed by atoms with Crippen molar-refractivity contribution in [3.05, 3.63) is 23.5 Å². The summed E-state index contributed by atoms with van der Waals surface area (Å²) in [5.74, 6) is 0. The monoisotopic (exact) mass is 213 g/mol. The second kappa shape index (κ2) is 5.47. The van der Waals surface area contributed by atoms with Crippen molar-refractivity contribution in [1.29, 1.82) is 0 Å². The van der Waals surface area contributed by atoms with Crippen molar-refractivity contribution >= 4 is 0 Å². The molecule has 86 valence electrons. The smallest absolute Gasteiger partial charge is 0.454 e. The van der Waals surface area contributed by atoms with Crippen molar-refractivity contribution in [2.24, 2.45) is 0 Å². The molecule has 1 N–H and O–H groups in total. The number of aromatic nitrogens is 1. The van der Waals surface area contributed by atoms with Crippen molar-refractivity contribution in [3.63, 3.8) is 0 Å². The van der Waals surface area contributed by atoms with Crippen LogP contribution in [0.5, 0.6) is 0 Å². The molecule has 0 radical (unpaired) electrons. The normalized spacial score (nSPS) is 12.4. The van der Waals surface area contributed by atoms with Gasteiger partial charge in [-0.3, -0.25) is 0 Å². The van der Waals surface area contributed by atoms with E-state index in [-0.39, 0.29) is 29.7 Å². The molecule has 0 aromatic carbocycles. The predicted octanol–water partition coefficient (Wildman–Crippen LogP) is 1.19. The Morgan fingerprint density at radius 3 is 2.00 bits per heavy atom. The minimum Gasteiger partial charge on any atom is -0.454 e. The van der Waals surface area contributed by atoms with Gasteiger partial charge in [0.05, 0.1) is 0 Å². The second-order valence-corrected chi connectivity index (χ2v) is 5.68. The van der Waals surface area contributed by atoms with Gasteiger partial charge in [-0.05, 0) is 11.8 Å². The maximum absolute atomic E-state index is 3.54. The summed E-state index contributed by atoms with van der Waals surface area (Å²) < 4.78 is 0. The van der Waals surface area contributed by atoms with Crippen molar-refractivity contribution in [2.45, 2.75) is 65.2 Å². The van der Waals surface area contributed by atoms with Crippen LogP contribution in [-0.2, 0) is 10.8 Å². The van der Waals surface area contributed by atoms with Gasteiger partial charge in [0, 0.05) is 0 Å². The number of rotatable bonds is 4. The van der Waals surface area contributed by atoms with Crippen LogP contribution in [0.3, 0.4) is 0 Å². The fourth-order valence-electron chi connectivity index (χ4n) is 1.45. The van der Waals surface area contributed by atoms with E-state index >= 15 is 0 Å². The van der Waals surface area contributed by atoms with E-state index in [4.69, 9.17) is 0 Å². The molecular formula is C14H24LiN. The van der Waals surface area contributed by atoms with Gasteiger partial charge in [-0.1, -0.05) is 59.1 Å². The Morgan fingerprint density at radius 2 is 1.56 bits per heavy atom. The molecule has 0 unspecified atom stereocenters. The molecular weight excluding hydrogens is 189 g/mol. The van der Waals surface area contributed by atoms with E-state index in [2.05, 4.69) is 58.7 Å². The molecule has 0 bridgehead atoms. The van der Waals surface area contributed by atoms with E-state index in [1.807, 2.05) is 0 Å². The molecule has 0 atom stereocenters. The number of nitrogens with one attached hydrogen (secondary N) is 1. The van der Waals surface area contributed by atoms with Crippen LogP contribution in [0.4, 0.5) is 0 Å². The Balaban J connectivity index is 0.00000225. The van der Waals surface area contributed by atoms with Crippen LogP contribution in [0.2, 0.25) is 0 Å². The molecule has 0 amide bonds. The summed E-state index contributed by atoms with van der Waals surface area (Å²) in [7, 11) is 0. The molecule has 0 saturated heterocycles. The molecule has 0 aliphatic carbocycles. The van der Waals surface area contributed by atoms with Crippen LogP contribution >= 0.6 is 0 Å². The molecule has 16 heavy (non-hydrogen) atoms. The molecule has 1 heterocycles. The summed E-state index contributed by atoms with van der Waals surface area (Å²) in [6.07, 6.45) is 2.28. The van der Waals surface area contributed by atoms with Crippen molar-refractivity contribution in [3.8, 4) is 0 Å².